The Kier molecular flexibility index (Phi) is 3.02. The van der Waals surface area contributed by atoms with Crippen molar-refractivity contribution in [3.63, 3.8) is 0 Å². The van der Waals surface area contributed by atoms with Crippen molar-refractivity contribution in [3.05, 3.63) is 61.4 Å². The lowest BCUT2D eigenvalue weighted by molar-refractivity contribution is 0.961. The topological polar surface area (TPSA) is 43.1 Å². The average Bonchev–Trinajstić information content (AvgIpc) is 2.80. The van der Waals surface area contributed by atoms with Gasteiger partial charge in [0.05, 0.1) is 5.52 Å². The molecule has 4 heteroatoms. The number of pyridine rings is 1. The van der Waals surface area contributed by atoms with Crippen molar-refractivity contribution < 1.29 is 0 Å². The predicted molar refractivity (Wildman–Crippen MR) is 57.2 cm³/mol. The van der Waals surface area contributed by atoms with Crippen LogP contribution in [0.4, 0.5) is 0 Å². The number of hydrogen-bond acceptors (Lipinski definition) is 3. The molecule has 4 nitrogen and oxygen atoms in total. The molecular formula is C11H10N4. The van der Waals surface area contributed by atoms with Gasteiger partial charge >= 0.3 is 0 Å². The van der Waals surface area contributed by atoms with Crippen LogP contribution in [-0.2, 0) is 0 Å². The number of hydrogen-bond donors (Lipinski definition) is 0. The van der Waals surface area contributed by atoms with Crippen LogP contribution in [0, 0.1) is 0 Å². The molecule has 0 amide bonds. The highest BCUT2D eigenvalue weighted by Crippen LogP contribution is 1.98. The Morgan fingerprint density at radius 2 is 1.73 bits per heavy atom. The molecule has 0 bridgehead atoms. The van der Waals surface area contributed by atoms with Crippen LogP contribution in [0.5, 0.6) is 0 Å². The highest BCUT2D eigenvalue weighted by atomic mass is 15.2. The summed E-state index contributed by atoms with van der Waals surface area (Å²) in [6.07, 6.45) is 8.59. The maximum absolute atomic E-state index is 4.04. The van der Waals surface area contributed by atoms with E-state index in [1.54, 1.807) is 24.7 Å². The number of nitrogens with zero attached hydrogens (tertiary/aromatic N) is 4. The van der Waals surface area contributed by atoms with Crippen LogP contribution in [0.3, 0.4) is 0 Å². The third-order valence-corrected chi connectivity index (χ3v) is 1.78. The first-order valence-corrected chi connectivity index (χ1v) is 4.55. The van der Waals surface area contributed by atoms with Crippen LogP contribution >= 0.6 is 0 Å². The Labute approximate surface area is 87.2 Å². The molecule has 3 heterocycles. The summed E-state index contributed by atoms with van der Waals surface area (Å²) in [5.41, 5.74) is 1.14. The Bertz CT molecular complexity index is 447. The fourth-order valence-corrected chi connectivity index (χ4v) is 1.12. The molecule has 3 rings (SSSR count). The second-order valence-corrected chi connectivity index (χ2v) is 2.81. The third-order valence-electron chi connectivity index (χ3n) is 1.78. The molecule has 3 aromatic heterocycles. The van der Waals surface area contributed by atoms with Crippen LogP contribution in [0.15, 0.2) is 61.4 Å². The van der Waals surface area contributed by atoms with Crippen molar-refractivity contribution in [1.29, 1.82) is 0 Å². The summed E-state index contributed by atoms with van der Waals surface area (Å²) in [5, 5.41) is 4.04. The molecule has 0 N–H and O–H groups in total. The van der Waals surface area contributed by atoms with Crippen LogP contribution < -0.4 is 0 Å². The molecule has 0 aliphatic heterocycles. The Balaban J connectivity index is 0.000000124. The first-order chi connectivity index (χ1) is 7.47. The van der Waals surface area contributed by atoms with Gasteiger partial charge in [0.15, 0.2) is 0 Å². The summed E-state index contributed by atoms with van der Waals surface area (Å²) in [6, 6.07) is 9.73. The lowest BCUT2D eigenvalue weighted by Gasteiger charge is -1.86. The Hall–Kier alpha value is -2.23. The maximum Gasteiger partial charge on any atom is 0.115 e. The monoisotopic (exact) mass is 198 g/mol. The molecule has 0 aromatic carbocycles. The molecule has 0 aliphatic carbocycles. The van der Waals surface area contributed by atoms with Crippen molar-refractivity contribution in [2.45, 2.75) is 0 Å². The largest absolute Gasteiger partial charge is 0.245 e. The maximum atomic E-state index is 4.04. The standard InChI is InChI=1S/C7H6N2.C4H4N2/c1-2-6-9-7(3-1)4-5-8-9;1-2-5-4-6-3-1/h1-6H;1-4H. The van der Waals surface area contributed by atoms with E-state index in [0.717, 1.165) is 5.52 Å². The van der Waals surface area contributed by atoms with Gasteiger partial charge < -0.3 is 0 Å². The molecule has 0 aliphatic rings. The van der Waals surface area contributed by atoms with Crippen molar-refractivity contribution in [2.24, 2.45) is 0 Å². The lowest BCUT2D eigenvalue weighted by atomic mass is 10.4. The molecule has 0 atom stereocenters. The second-order valence-electron chi connectivity index (χ2n) is 2.81. The van der Waals surface area contributed by atoms with E-state index in [1.807, 2.05) is 35.0 Å². The fourth-order valence-electron chi connectivity index (χ4n) is 1.12. The summed E-state index contributed by atoms with van der Waals surface area (Å²) in [4.78, 5) is 7.35. The zero-order valence-electron chi connectivity index (χ0n) is 8.06. The minimum absolute atomic E-state index is 1.14. The lowest BCUT2D eigenvalue weighted by Crippen LogP contribution is -1.81. The highest BCUT2D eigenvalue weighted by Gasteiger charge is 1.85. The molecule has 74 valence electrons. The summed E-state index contributed by atoms with van der Waals surface area (Å²) in [5.74, 6) is 0. The van der Waals surface area contributed by atoms with Gasteiger partial charge in [0.1, 0.15) is 6.33 Å². The molecule has 3 aromatic rings. The van der Waals surface area contributed by atoms with Crippen LogP contribution in [-0.4, -0.2) is 19.6 Å². The number of rotatable bonds is 0. The fraction of sp³-hybridized carbons (Fsp3) is 0. The average molecular weight is 198 g/mol. The van der Waals surface area contributed by atoms with Gasteiger partial charge in [-0.3, -0.25) is 0 Å². The molecule has 0 unspecified atom stereocenters. The van der Waals surface area contributed by atoms with E-state index in [1.165, 1.54) is 6.33 Å². The summed E-state index contributed by atoms with van der Waals surface area (Å²) in [6.45, 7) is 0. The van der Waals surface area contributed by atoms with Gasteiger partial charge in [-0.05, 0) is 24.3 Å². The molecule has 0 saturated heterocycles. The van der Waals surface area contributed by atoms with E-state index in [0.29, 0.717) is 0 Å². The van der Waals surface area contributed by atoms with Gasteiger partial charge in [-0.1, -0.05) is 6.07 Å². The van der Waals surface area contributed by atoms with Crippen LogP contribution in [0.25, 0.3) is 5.52 Å². The van der Waals surface area contributed by atoms with Crippen molar-refractivity contribution in [1.82, 2.24) is 19.6 Å². The van der Waals surface area contributed by atoms with Gasteiger partial charge in [-0.15, -0.1) is 0 Å². The Morgan fingerprint density at radius 1 is 0.867 bits per heavy atom. The summed E-state index contributed by atoms with van der Waals surface area (Å²) >= 11 is 0. The smallest absolute Gasteiger partial charge is 0.115 e. The normalized spacial score (nSPS) is 9.33. The quantitative estimate of drug-likeness (QED) is 0.553. The molecular weight excluding hydrogens is 188 g/mol. The molecule has 0 saturated carbocycles. The summed E-state index contributed by atoms with van der Waals surface area (Å²) in [7, 11) is 0. The van der Waals surface area contributed by atoms with E-state index in [2.05, 4.69) is 15.1 Å². The van der Waals surface area contributed by atoms with Gasteiger partial charge in [0, 0.05) is 24.8 Å². The van der Waals surface area contributed by atoms with Crippen LogP contribution in [0.1, 0.15) is 0 Å². The second kappa shape index (κ2) is 4.85. The van der Waals surface area contributed by atoms with Crippen molar-refractivity contribution in [2.75, 3.05) is 0 Å². The van der Waals surface area contributed by atoms with Crippen molar-refractivity contribution >= 4 is 5.52 Å². The third kappa shape index (κ3) is 2.60. The highest BCUT2D eigenvalue weighted by molar-refractivity contribution is 5.44. The first-order valence-electron chi connectivity index (χ1n) is 4.55. The summed E-state index contributed by atoms with van der Waals surface area (Å²) < 4.78 is 1.83. The van der Waals surface area contributed by atoms with E-state index < -0.39 is 0 Å². The molecule has 0 radical (unpaired) electrons. The molecule has 0 spiro atoms. The minimum atomic E-state index is 1.14. The zero-order valence-corrected chi connectivity index (χ0v) is 8.06. The number of fused-ring (bicyclic) bond motifs is 1. The molecule has 0 fully saturated rings. The SMILES string of the molecule is c1ccn2nccc2c1.c1cncnc1. The van der Waals surface area contributed by atoms with Crippen LogP contribution in [0.2, 0.25) is 0 Å². The van der Waals surface area contributed by atoms with E-state index in [-0.39, 0.29) is 0 Å². The molecule has 15 heavy (non-hydrogen) atoms. The predicted octanol–water partition coefficient (Wildman–Crippen LogP) is 1.81. The Morgan fingerprint density at radius 3 is 2.33 bits per heavy atom. The van der Waals surface area contributed by atoms with Gasteiger partial charge in [-0.25, -0.2) is 14.5 Å². The van der Waals surface area contributed by atoms with Gasteiger partial charge in [0.2, 0.25) is 0 Å². The zero-order chi connectivity index (χ0) is 10.3. The van der Waals surface area contributed by atoms with E-state index >= 15 is 0 Å². The first kappa shape index (κ1) is 9.33. The van der Waals surface area contributed by atoms with E-state index in [4.69, 9.17) is 0 Å². The van der Waals surface area contributed by atoms with Crippen molar-refractivity contribution in [3.8, 4) is 0 Å². The van der Waals surface area contributed by atoms with E-state index in [9.17, 15) is 0 Å². The van der Waals surface area contributed by atoms with Gasteiger partial charge in [0.25, 0.3) is 0 Å². The number of aromatic nitrogens is 4. The minimum Gasteiger partial charge on any atom is -0.245 e. The van der Waals surface area contributed by atoms with Gasteiger partial charge in [-0.2, -0.15) is 5.10 Å².